The van der Waals surface area contributed by atoms with Crippen LogP contribution in [0.15, 0.2) is 24.3 Å². The zero-order valence-corrected chi connectivity index (χ0v) is 10.7. The van der Waals surface area contributed by atoms with Crippen molar-refractivity contribution in [2.24, 2.45) is 11.7 Å². The highest BCUT2D eigenvalue weighted by Gasteiger charge is 2.21. The maximum atomic E-state index is 5.61. The van der Waals surface area contributed by atoms with Crippen LogP contribution in [-0.4, -0.2) is 19.8 Å². The fourth-order valence-corrected chi connectivity index (χ4v) is 2.63. The topological polar surface area (TPSA) is 35.2 Å². The van der Waals surface area contributed by atoms with Crippen LogP contribution in [0.2, 0.25) is 0 Å². The lowest BCUT2D eigenvalue weighted by atomic mass is 9.83. The lowest BCUT2D eigenvalue weighted by Crippen LogP contribution is -2.22. The molecule has 1 saturated heterocycles. The van der Waals surface area contributed by atoms with Gasteiger partial charge in [-0.3, -0.25) is 0 Å². The highest BCUT2D eigenvalue weighted by Crippen LogP contribution is 2.30. The minimum Gasteiger partial charge on any atom is -0.381 e. The average molecular weight is 233 g/mol. The maximum Gasteiger partial charge on any atom is 0.0500 e. The molecule has 0 aromatic heterocycles. The van der Waals surface area contributed by atoms with Crippen LogP contribution in [0.3, 0.4) is 0 Å². The number of rotatable bonds is 4. The summed E-state index contributed by atoms with van der Waals surface area (Å²) in [4.78, 5) is 0. The molecule has 2 atom stereocenters. The Morgan fingerprint density at radius 3 is 3.06 bits per heavy atom. The second-order valence-corrected chi connectivity index (χ2v) is 5.05. The maximum absolute atomic E-state index is 5.61. The molecule has 0 spiro atoms. The molecule has 0 bridgehead atoms. The molecule has 94 valence electrons. The standard InChI is InChI=1S/C15H23NO/c1-12(15-6-3-9-17-11-15)14-5-2-4-13(10-14)7-8-16/h2,4-5,10,12,15H,3,6-9,11,16H2,1H3. The van der Waals surface area contributed by atoms with E-state index in [2.05, 4.69) is 31.2 Å². The summed E-state index contributed by atoms with van der Waals surface area (Å²) in [5.41, 5.74) is 8.40. The first kappa shape index (κ1) is 12.6. The zero-order chi connectivity index (χ0) is 12.1. The molecular formula is C15H23NO. The zero-order valence-electron chi connectivity index (χ0n) is 10.7. The van der Waals surface area contributed by atoms with Gasteiger partial charge in [0, 0.05) is 13.2 Å². The SMILES string of the molecule is CC(c1cccc(CCN)c1)C1CCCOC1. The largest absolute Gasteiger partial charge is 0.381 e. The lowest BCUT2D eigenvalue weighted by molar-refractivity contribution is 0.0463. The van der Waals surface area contributed by atoms with Gasteiger partial charge < -0.3 is 10.5 Å². The van der Waals surface area contributed by atoms with Gasteiger partial charge in [-0.15, -0.1) is 0 Å². The second-order valence-electron chi connectivity index (χ2n) is 5.05. The highest BCUT2D eigenvalue weighted by molar-refractivity contribution is 5.27. The molecule has 2 unspecified atom stereocenters. The molecule has 2 nitrogen and oxygen atoms in total. The minimum atomic E-state index is 0.591. The summed E-state index contributed by atoms with van der Waals surface area (Å²) in [6.45, 7) is 4.91. The molecule has 2 rings (SSSR count). The van der Waals surface area contributed by atoms with Crippen molar-refractivity contribution < 1.29 is 4.74 Å². The van der Waals surface area contributed by atoms with E-state index in [4.69, 9.17) is 10.5 Å². The lowest BCUT2D eigenvalue weighted by Gasteiger charge is -2.28. The monoisotopic (exact) mass is 233 g/mol. The normalized spacial score (nSPS) is 22.4. The summed E-state index contributed by atoms with van der Waals surface area (Å²) < 4.78 is 5.58. The number of ether oxygens (including phenoxy) is 1. The smallest absolute Gasteiger partial charge is 0.0500 e. The van der Waals surface area contributed by atoms with E-state index in [1.165, 1.54) is 24.0 Å². The Balaban J connectivity index is 2.06. The Morgan fingerprint density at radius 1 is 1.47 bits per heavy atom. The molecule has 1 aliphatic rings. The molecule has 0 radical (unpaired) electrons. The van der Waals surface area contributed by atoms with Crippen LogP contribution in [0.1, 0.15) is 36.8 Å². The van der Waals surface area contributed by atoms with Gasteiger partial charge in [0.05, 0.1) is 0 Å². The average Bonchev–Trinajstić information content (AvgIpc) is 2.40. The van der Waals surface area contributed by atoms with Crippen molar-refractivity contribution >= 4 is 0 Å². The van der Waals surface area contributed by atoms with E-state index in [1.54, 1.807) is 0 Å². The van der Waals surface area contributed by atoms with Gasteiger partial charge in [0.1, 0.15) is 0 Å². The predicted octanol–water partition coefficient (Wildman–Crippen LogP) is 2.72. The summed E-state index contributed by atoms with van der Waals surface area (Å²) >= 11 is 0. The van der Waals surface area contributed by atoms with Gasteiger partial charge in [0.2, 0.25) is 0 Å². The van der Waals surface area contributed by atoms with Gasteiger partial charge in [0.15, 0.2) is 0 Å². The Labute approximate surface area is 104 Å². The first-order valence-electron chi connectivity index (χ1n) is 6.68. The summed E-state index contributed by atoms with van der Waals surface area (Å²) in [5.74, 6) is 1.27. The molecule has 2 heteroatoms. The van der Waals surface area contributed by atoms with Gasteiger partial charge in [-0.2, -0.15) is 0 Å². The molecule has 17 heavy (non-hydrogen) atoms. The van der Waals surface area contributed by atoms with Crippen LogP contribution in [0, 0.1) is 5.92 Å². The second kappa shape index (κ2) is 6.18. The first-order chi connectivity index (χ1) is 8.31. The van der Waals surface area contributed by atoms with Crippen molar-refractivity contribution in [1.29, 1.82) is 0 Å². The van der Waals surface area contributed by atoms with E-state index in [9.17, 15) is 0 Å². The van der Waals surface area contributed by atoms with Crippen molar-refractivity contribution in [2.75, 3.05) is 19.8 Å². The predicted molar refractivity (Wildman–Crippen MR) is 71.2 cm³/mol. The third-order valence-corrected chi connectivity index (χ3v) is 3.81. The van der Waals surface area contributed by atoms with Crippen molar-refractivity contribution in [2.45, 2.75) is 32.1 Å². The Kier molecular flexibility index (Phi) is 4.57. The molecule has 0 saturated carbocycles. The Hall–Kier alpha value is -0.860. The van der Waals surface area contributed by atoms with Crippen LogP contribution in [0.5, 0.6) is 0 Å². The molecule has 0 aliphatic carbocycles. The molecule has 0 amide bonds. The van der Waals surface area contributed by atoms with E-state index in [-0.39, 0.29) is 0 Å². The molecule has 1 heterocycles. The van der Waals surface area contributed by atoms with Crippen molar-refractivity contribution in [1.82, 2.24) is 0 Å². The Bertz CT molecular complexity index is 345. The van der Waals surface area contributed by atoms with Crippen LogP contribution in [-0.2, 0) is 11.2 Å². The molecule has 1 aromatic carbocycles. The number of hydrogen-bond acceptors (Lipinski definition) is 2. The van der Waals surface area contributed by atoms with Crippen molar-refractivity contribution in [3.8, 4) is 0 Å². The van der Waals surface area contributed by atoms with E-state index < -0.39 is 0 Å². The molecule has 1 aliphatic heterocycles. The number of nitrogens with two attached hydrogens (primary N) is 1. The van der Waals surface area contributed by atoms with Crippen molar-refractivity contribution in [3.05, 3.63) is 35.4 Å². The van der Waals surface area contributed by atoms with Crippen LogP contribution in [0.25, 0.3) is 0 Å². The van der Waals surface area contributed by atoms with Crippen LogP contribution < -0.4 is 5.73 Å². The molecule has 2 N–H and O–H groups in total. The summed E-state index contributed by atoms with van der Waals surface area (Å²) in [5, 5.41) is 0. The summed E-state index contributed by atoms with van der Waals surface area (Å²) in [7, 11) is 0. The Morgan fingerprint density at radius 2 is 2.35 bits per heavy atom. The van der Waals surface area contributed by atoms with E-state index in [1.807, 2.05) is 0 Å². The van der Waals surface area contributed by atoms with Crippen LogP contribution in [0.4, 0.5) is 0 Å². The van der Waals surface area contributed by atoms with E-state index >= 15 is 0 Å². The fourth-order valence-electron chi connectivity index (χ4n) is 2.63. The van der Waals surface area contributed by atoms with Gasteiger partial charge in [-0.05, 0) is 48.8 Å². The van der Waals surface area contributed by atoms with Gasteiger partial charge in [-0.25, -0.2) is 0 Å². The van der Waals surface area contributed by atoms with Gasteiger partial charge in [0.25, 0.3) is 0 Å². The molecule has 1 fully saturated rings. The quantitative estimate of drug-likeness (QED) is 0.868. The number of hydrogen-bond donors (Lipinski definition) is 1. The third kappa shape index (κ3) is 3.30. The summed E-state index contributed by atoms with van der Waals surface area (Å²) in [6.07, 6.45) is 3.47. The van der Waals surface area contributed by atoms with E-state index in [0.29, 0.717) is 11.8 Å². The minimum absolute atomic E-state index is 0.591. The molecular weight excluding hydrogens is 210 g/mol. The number of benzene rings is 1. The van der Waals surface area contributed by atoms with Gasteiger partial charge >= 0.3 is 0 Å². The third-order valence-electron chi connectivity index (χ3n) is 3.81. The first-order valence-corrected chi connectivity index (χ1v) is 6.68. The van der Waals surface area contributed by atoms with E-state index in [0.717, 1.165) is 26.2 Å². The summed E-state index contributed by atoms with van der Waals surface area (Å²) in [6, 6.07) is 8.87. The highest BCUT2D eigenvalue weighted by atomic mass is 16.5. The van der Waals surface area contributed by atoms with Crippen molar-refractivity contribution in [3.63, 3.8) is 0 Å². The van der Waals surface area contributed by atoms with Crippen LogP contribution >= 0.6 is 0 Å². The fraction of sp³-hybridized carbons (Fsp3) is 0.600. The molecule has 1 aromatic rings. The van der Waals surface area contributed by atoms with Gasteiger partial charge in [-0.1, -0.05) is 31.2 Å².